The molecular formula is C23H31N6+. The largest absolute Gasteiger partial charge is 0.321 e. The first-order valence-corrected chi connectivity index (χ1v) is 10.6. The molecule has 6 heteroatoms. The fraction of sp³-hybridized carbons (Fsp3) is 0.478. The maximum Gasteiger partial charge on any atom is 0.216 e. The van der Waals surface area contributed by atoms with Gasteiger partial charge in [0.2, 0.25) is 5.82 Å². The second-order valence-corrected chi connectivity index (χ2v) is 9.10. The van der Waals surface area contributed by atoms with Gasteiger partial charge in [-0.2, -0.15) is 0 Å². The maximum absolute atomic E-state index is 4.69. The van der Waals surface area contributed by atoms with Gasteiger partial charge in [0.15, 0.2) is 6.04 Å². The molecule has 1 saturated heterocycles. The van der Waals surface area contributed by atoms with E-state index in [4.69, 9.17) is 4.98 Å². The number of tetrazole rings is 1. The van der Waals surface area contributed by atoms with E-state index in [9.17, 15) is 0 Å². The summed E-state index contributed by atoms with van der Waals surface area (Å²) in [6.07, 6.45) is 5.46. The average molecular weight is 392 g/mol. The fourth-order valence-corrected chi connectivity index (χ4v) is 4.41. The number of quaternary nitrogens is 1. The zero-order valence-corrected chi connectivity index (χ0v) is 17.6. The monoisotopic (exact) mass is 391 g/mol. The fourth-order valence-electron chi connectivity index (χ4n) is 4.41. The third kappa shape index (κ3) is 4.53. The van der Waals surface area contributed by atoms with E-state index >= 15 is 0 Å². The zero-order valence-electron chi connectivity index (χ0n) is 17.6. The number of pyridine rings is 1. The van der Waals surface area contributed by atoms with Crippen LogP contribution in [0.5, 0.6) is 0 Å². The number of aromatic nitrogens is 5. The Morgan fingerprint density at radius 1 is 1.03 bits per heavy atom. The Balaban J connectivity index is 1.55. The molecule has 1 aliphatic heterocycles. The average Bonchev–Trinajstić information content (AvgIpc) is 3.21. The highest BCUT2D eigenvalue weighted by Crippen LogP contribution is 2.23. The molecule has 0 radical (unpaired) electrons. The van der Waals surface area contributed by atoms with Gasteiger partial charge < -0.3 is 4.90 Å². The summed E-state index contributed by atoms with van der Waals surface area (Å²) in [5.74, 6) is 1.65. The summed E-state index contributed by atoms with van der Waals surface area (Å²) in [5, 5.41) is 12.8. The van der Waals surface area contributed by atoms with Crippen molar-refractivity contribution in [3.8, 4) is 0 Å². The van der Waals surface area contributed by atoms with Gasteiger partial charge in [-0.3, -0.25) is 4.98 Å². The van der Waals surface area contributed by atoms with E-state index in [1.165, 1.54) is 29.7 Å². The van der Waals surface area contributed by atoms with Crippen LogP contribution >= 0.6 is 0 Å². The molecule has 4 rings (SSSR count). The molecule has 1 aliphatic rings. The molecule has 29 heavy (non-hydrogen) atoms. The molecule has 0 amide bonds. The van der Waals surface area contributed by atoms with Crippen LogP contribution in [0.15, 0.2) is 54.7 Å². The lowest BCUT2D eigenvalue weighted by atomic mass is 9.89. The van der Waals surface area contributed by atoms with E-state index in [1.54, 1.807) is 0 Å². The molecule has 0 bridgehead atoms. The minimum Gasteiger partial charge on any atom is -0.321 e. The van der Waals surface area contributed by atoms with Crippen molar-refractivity contribution in [3.05, 3.63) is 71.8 Å². The molecule has 152 valence electrons. The third-order valence-corrected chi connectivity index (χ3v) is 5.89. The van der Waals surface area contributed by atoms with Crippen LogP contribution in [0, 0.1) is 5.92 Å². The van der Waals surface area contributed by atoms with Crippen LogP contribution in [-0.4, -0.2) is 38.3 Å². The molecule has 1 aromatic carbocycles. The molecule has 1 N–H and O–H groups in total. The first kappa shape index (κ1) is 19.7. The number of hydrogen-bond acceptors (Lipinski definition) is 4. The maximum atomic E-state index is 4.69. The summed E-state index contributed by atoms with van der Waals surface area (Å²) < 4.78 is 1.97. The lowest BCUT2D eigenvalue weighted by Gasteiger charge is -2.34. The molecule has 1 fully saturated rings. The number of rotatable bonds is 5. The summed E-state index contributed by atoms with van der Waals surface area (Å²) in [6, 6.07) is 17.0. The van der Waals surface area contributed by atoms with Crippen molar-refractivity contribution in [1.82, 2.24) is 25.2 Å². The highest BCUT2D eigenvalue weighted by atomic mass is 15.6. The summed E-state index contributed by atoms with van der Waals surface area (Å²) >= 11 is 0. The predicted octanol–water partition coefficient (Wildman–Crippen LogP) is 2.45. The Labute approximate surface area is 173 Å². The molecule has 3 heterocycles. The van der Waals surface area contributed by atoms with Crippen molar-refractivity contribution in [1.29, 1.82) is 0 Å². The highest BCUT2D eigenvalue weighted by molar-refractivity contribution is 5.16. The van der Waals surface area contributed by atoms with Crippen LogP contribution in [0.25, 0.3) is 0 Å². The Hall–Kier alpha value is -2.60. The van der Waals surface area contributed by atoms with E-state index < -0.39 is 0 Å². The predicted molar refractivity (Wildman–Crippen MR) is 112 cm³/mol. The molecule has 0 unspecified atom stereocenters. The van der Waals surface area contributed by atoms with Gasteiger partial charge >= 0.3 is 0 Å². The lowest BCUT2D eigenvalue weighted by molar-refractivity contribution is -0.932. The second-order valence-electron chi connectivity index (χ2n) is 9.10. The van der Waals surface area contributed by atoms with Gasteiger partial charge in [-0.25, -0.2) is 4.68 Å². The molecular weight excluding hydrogens is 360 g/mol. The number of nitrogens with zero attached hydrogens (tertiary/aromatic N) is 5. The third-order valence-electron chi connectivity index (χ3n) is 5.89. The topological polar surface area (TPSA) is 60.9 Å². The quantitative estimate of drug-likeness (QED) is 0.726. The smallest absolute Gasteiger partial charge is 0.216 e. The molecule has 6 nitrogen and oxygen atoms in total. The van der Waals surface area contributed by atoms with E-state index in [1.807, 2.05) is 16.9 Å². The molecule has 1 atom stereocenters. The second kappa shape index (κ2) is 8.41. The number of likely N-dealkylation sites (tertiary alicyclic amines) is 1. The Morgan fingerprint density at radius 3 is 2.41 bits per heavy atom. The van der Waals surface area contributed by atoms with Gasteiger partial charge in [0.05, 0.1) is 18.6 Å². The van der Waals surface area contributed by atoms with Crippen molar-refractivity contribution in [2.75, 3.05) is 13.1 Å². The van der Waals surface area contributed by atoms with Gasteiger partial charge in [0.1, 0.15) is 5.69 Å². The van der Waals surface area contributed by atoms with Crippen molar-refractivity contribution in [2.45, 2.75) is 51.6 Å². The van der Waals surface area contributed by atoms with Gasteiger partial charge in [-0.1, -0.05) is 36.4 Å². The van der Waals surface area contributed by atoms with E-state index in [0.717, 1.165) is 30.5 Å². The van der Waals surface area contributed by atoms with Crippen LogP contribution in [-0.2, 0) is 12.0 Å². The summed E-state index contributed by atoms with van der Waals surface area (Å²) in [4.78, 5) is 6.20. The van der Waals surface area contributed by atoms with E-state index in [-0.39, 0.29) is 11.6 Å². The molecule has 0 saturated carbocycles. The van der Waals surface area contributed by atoms with Gasteiger partial charge in [-0.05, 0) is 74.1 Å². The first-order chi connectivity index (χ1) is 14.0. The molecule has 2 aromatic heterocycles. The van der Waals surface area contributed by atoms with Gasteiger partial charge in [-0.15, -0.1) is 5.10 Å². The first-order valence-electron chi connectivity index (χ1n) is 10.6. The van der Waals surface area contributed by atoms with E-state index in [0.29, 0.717) is 0 Å². The standard InChI is InChI=1S/C23H30N6/c1-23(2,3)29-22(25-26-27-29)21(20-11-7-8-14-24-20)28-15-12-19(13-16-28)17-18-9-5-4-6-10-18/h4-11,14,19,21H,12-13,15-17H2,1-3H3/p+1/t21-/m1/s1. The number of nitrogens with one attached hydrogen (secondary N) is 1. The van der Waals surface area contributed by atoms with E-state index in [2.05, 4.69) is 78.8 Å². The normalized spacial score (nSPS) is 21.1. The van der Waals surface area contributed by atoms with Crippen molar-refractivity contribution in [2.24, 2.45) is 5.92 Å². The van der Waals surface area contributed by atoms with Crippen molar-refractivity contribution < 1.29 is 4.90 Å². The van der Waals surface area contributed by atoms with Gasteiger partial charge in [0.25, 0.3) is 0 Å². The number of piperidine rings is 1. The van der Waals surface area contributed by atoms with Crippen LogP contribution in [0.4, 0.5) is 0 Å². The summed E-state index contributed by atoms with van der Waals surface area (Å²) in [6.45, 7) is 8.64. The SMILES string of the molecule is CC(C)(C)n1nnnc1[C@@H](c1ccccn1)[NH+]1CCC(Cc2ccccc2)CC1. The van der Waals surface area contributed by atoms with Gasteiger partial charge in [0, 0.05) is 6.20 Å². The number of benzene rings is 1. The van der Waals surface area contributed by atoms with Crippen LogP contribution in [0.1, 0.15) is 56.7 Å². The van der Waals surface area contributed by atoms with Crippen LogP contribution in [0.3, 0.4) is 0 Å². The molecule has 3 aromatic rings. The Bertz CT molecular complexity index is 892. The lowest BCUT2D eigenvalue weighted by Crippen LogP contribution is -3.13. The van der Waals surface area contributed by atoms with Crippen LogP contribution in [0.2, 0.25) is 0 Å². The summed E-state index contributed by atoms with van der Waals surface area (Å²) in [7, 11) is 0. The van der Waals surface area contributed by atoms with Crippen molar-refractivity contribution in [3.63, 3.8) is 0 Å². The number of hydrogen-bond donors (Lipinski definition) is 1. The van der Waals surface area contributed by atoms with Crippen molar-refractivity contribution >= 4 is 0 Å². The summed E-state index contributed by atoms with van der Waals surface area (Å²) in [5.41, 5.74) is 2.32. The highest BCUT2D eigenvalue weighted by Gasteiger charge is 2.37. The Morgan fingerprint density at radius 2 is 1.76 bits per heavy atom. The zero-order chi connectivity index (χ0) is 20.3. The minimum absolute atomic E-state index is 0.0584. The van der Waals surface area contributed by atoms with Crippen LogP contribution < -0.4 is 4.90 Å². The Kier molecular flexibility index (Phi) is 5.72. The molecule has 0 aliphatic carbocycles. The minimum atomic E-state index is -0.170. The molecule has 0 spiro atoms.